The van der Waals surface area contributed by atoms with Crippen LogP contribution < -0.4 is 9.47 Å². The van der Waals surface area contributed by atoms with Crippen molar-refractivity contribution in [3.05, 3.63) is 88.1 Å². The number of thiophene rings is 1. The van der Waals surface area contributed by atoms with Crippen LogP contribution in [0, 0.1) is 0 Å². The van der Waals surface area contributed by atoms with E-state index in [0.717, 1.165) is 28.8 Å². The summed E-state index contributed by atoms with van der Waals surface area (Å²) in [5.74, 6) is 1.07. The lowest BCUT2D eigenvalue weighted by atomic mass is 10.1. The van der Waals surface area contributed by atoms with E-state index < -0.39 is 0 Å². The van der Waals surface area contributed by atoms with E-state index in [2.05, 4.69) is 0 Å². The molecule has 8 heteroatoms. The molecule has 2 aromatic carbocycles. The van der Waals surface area contributed by atoms with Gasteiger partial charge in [-0.15, -0.1) is 11.3 Å². The summed E-state index contributed by atoms with van der Waals surface area (Å²) in [7, 11) is 0. The van der Waals surface area contributed by atoms with Crippen LogP contribution in [-0.4, -0.2) is 54.2 Å². The van der Waals surface area contributed by atoms with Crippen LogP contribution in [-0.2, 0) is 27.4 Å². The summed E-state index contributed by atoms with van der Waals surface area (Å²) in [6.07, 6.45) is 5.12. The molecule has 2 aliphatic heterocycles. The minimum absolute atomic E-state index is 0.0201. The second-order valence-corrected chi connectivity index (χ2v) is 10.1. The molecule has 37 heavy (non-hydrogen) atoms. The molecule has 1 fully saturated rings. The Morgan fingerprint density at radius 3 is 2.62 bits per heavy atom. The van der Waals surface area contributed by atoms with Gasteiger partial charge in [-0.2, -0.15) is 0 Å². The number of amides is 2. The van der Waals surface area contributed by atoms with Crippen LogP contribution in [0.25, 0.3) is 6.08 Å². The lowest BCUT2D eigenvalue weighted by Crippen LogP contribution is -2.44. The fourth-order valence-corrected chi connectivity index (χ4v) is 5.17. The fraction of sp³-hybridized carbons (Fsp3) is 0.310. The Morgan fingerprint density at radius 1 is 0.973 bits per heavy atom. The second-order valence-electron chi connectivity index (χ2n) is 9.11. The average molecular weight is 519 g/mol. The SMILES string of the molecule is O=C(/C=C/c1ccccc1)N(CC(=O)N(Cc1ccc2c(c1)OCO2)Cc1cccs1)CC1CCCO1. The first-order valence-electron chi connectivity index (χ1n) is 12.5. The smallest absolute Gasteiger partial charge is 0.247 e. The van der Waals surface area contributed by atoms with Crippen molar-refractivity contribution >= 4 is 29.2 Å². The lowest BCUT2D eigenvalue weighted by Gasteiger charge is -2.28. The molecule has 2 aliphatic rings. The van der Waals surface area contributed by atoms with Gasteiger partial charge in [-0.1, -0.05) is 42.5 Å². The van der Waals surface area contributed by atoms with Crippen LogP contribution in [0.5, 0.6) is 11.5 Å². The third kappa shape index (κ3) is 6.78. The van der Waals surface area contributed by atoms with E-state index >= 15 is 0 Å². The zero-order valence-corrected chi connectivity index (χ0v) is 21.4. The quantitative estimate of drug-likeness (QED) is 0.363. The minimum atomic E-state index is -0.202. The summed E-state index contributed by atoms with van der Waals surface area (Å²) in [6.45, 7) is 2.12. The number of benzene rings is 2. The van der Waals surface area contributed by atoms with Gasteiger partial charge in [0, 0.05) is 30.6 Å². The highest BCUT2D eigenvalue weighted by molar-refractivity contribution is 7.09. The zero-order chi connectivity index (χ0) is 25.5. The van der Waals surface area contributed by atoms with Crippen LogP contribution in [0.4, 0.5) is 0 Å². The highest BCUT2D eigenvalue weighted by Crippen LogP contribution is 2.33. The average Bonchev–Trinajstić information content (AvgIpc) is 3.70. The molecule has 0 radical (unpaired) electrons. The van der Waals surface area contributed by atoms with Gasteiger partial charge in [-0.05, 0) is 53.6 Å². The lowest BCUT2D eigenvalue weighted by molar-refractivity contribution is -0.140. The summed E-state index contributed by atoms with van der Waals surface area (Å²) < 4.78 is 16.7. The van der Waals surface area contributed by atoms with Crippen molar-refractivity contribution in [1.29, 1.82) is 0 Å². The predicted octanol–water partition coefficient (Wildman–Crippen LogP) is 4.73. The Bertz CT molecular complexity index is 1220. The molecule has 0 bridgehead atoms. The van der Waals surface area contributed by atoms with E-state index in [1.54, 1.807) is 33.3 Å². The second kappa shape index (κ2) is 12.1. The molecule has 0 spiro atoms. The summed E-state index contributed by atoms with van der Waals surface area (Å²) in [4.78, 5) is 31.4. The van der Waals surface area contributed by atoms with Gasteiger partial charge < -0.3 is 24.0 Å². The molecule has 0 saturated carbocycles. The molecular weight excluding hydrogens is 488 g/mol. The van der Waals surface area contributed by atoms with E-state index in [1.807, 2.05) is 66.0 Å². The number of ether oxygens (including phenoxy) is 3. The molecule has 1 aromatic heterocycles. The Hall–Kier alpha value is -3.62. The maximum absolute atomic E-state index is 13.7. The van der Waals surface area contributed by atoms with Gasteiger partial charge in [0.15, 0.2) is 11.5 Å². The van der Waals surface area contributed by atoms with E-state index in [1.165, 1.54) is 0 Å². The number of hydrogen-bond acceptors (Lipinski definition) is 6. The van der Waals surface area contributed by atoms with Crippen LogP contribution >= 0.6 is 11.3 Å². The molecule has 192 valence electrons. The van der Waals surface area contributed by atoms with Crippen molar-refractivity contribution in [3.8, 4) is 11.5 Å². The largest absolute Gasteiger partial charge is 0.454 e. The zero-order valence-electron chi connectivity index (χ0n) is 20.6. The Balaban J connectivity index is 1.33. The Kier molecular flexibility index (Phi) is 8.18. The van der Waals surface area contributed by atoms with E-state index in [0.29, 0.717) is 37.7 Å². The molecule has 1 atom stereocenters. The van der Waals surface area contributed by atoms with Crippen molar-refractivity contribution in [1.82, 2.24) is 9.80 Å². The van der Waals surface area contributed by atoms with Gasteiger partial charge in [0.2, 0.25) is 18.6 Å². The Morgan fingerprint density at radius 2 is 1.84 bits per heavy atom. The molecule has 3 aromatic rings. The predicted molar refractivity (Wildman–Crippen MR) is 142 cm³/mol. The van der Waals surface area contributed by atoms with Crippen LogP contribution in [0.3, 0.4) is 0 Å². The molecule has 5 rings (SSSR count). The number of carbonyl (C=O) groups is 2. The standard InChI is InChI=1S/C29H30N2O5S/c32-28(13-11-22-6-2-1-3-7-22)31(18-24-8-4-14-34-24)20-29(33)30(19-25-9-5-15-37-25)17-23-10-12-26-27(16-23)36-21-35-26/h1-3,5-7,9-13,15-16,24H,4,8,14,17-21H2/b13-11+. The number of hydrogen-bond donors (Lipinski definition) is 0. The van der Waals surface area contributed by atoms with E-state index in [4.69, 9.17) is 14.2 Å². The first-order chi connectivity index (χ1) is 18.1. The van der Waals surface area contributed by atoms with Crippen molar-refractivity contribution in [2.45, 2.75) is 32.0 Å². The Labute approximate surface area is 220 Å². The minimum Gasteiger partial charge on any atom is -0.454 e. The number of nitrogens with zero attached hydrogens (tertiary/aromatic N) is 2. The van der Waals surface area contributed by atoms with Gasteiger partial charge in [0.1, 0.15) is 6.54 Å². The summed E-state index contributed by atoms with van der Waals surface area (Å²) in [5.41, 5.74) is 1.87. The van der Waals surface area contributed by atoms with Crippen molar-refractivity contribution < 1.29 is 23.8 Å². The molecule has 1 saturated heterocycles. The highest BCUT2D eigenvalue weighted by Gasteiger charge is 2.26. The van der Waals surface area contributed by atoms with Crippen LogP contribution in [0.15, 0.2) is 72.1 Å². The number of fused-ring (bicyclic) bond motifs is 1. The normalized spacial score (nSPS) is 16.3. The van der Waals surface area contributed by atoms with Crippen molar-refractivity contribution in [2.24, 2.45) is 0 Å². The van der Waals surface area contributed by atoms with Crippen LogP contribution in [0.1, 0.15) is 28.8 Å². The summed E-state index contributed by atoms with van der Waals surface area (Å²) >= 11 is 1.61. The van der Waals surface area contributed by atoms with Gasteiger partial charge in [-0.25, -0.2) is 0 Å². The summed E-state index contributed by atoms with van der Waals surface area (Å²) in [6, 6.07) is 19.4. The van der Waals surface area contributed by atoms with E-state index in [9.17, 15) is 9.59 Å². The molecule has 3 heterocycles. The van der Waals surface area contributed by atoms with Gasteiger partial charge in [0.25, 0.3) is 0 Å². The van der Waals surface area contributed by atoms with Gasteiger partial charge >= 0.3 is 0 Å². The fourth-order valence-electron chi connectivity index (χ4n) is 4.45. The maximum atomic E-state index is 13.7. The van der Waals surface area contributed by atoms with Crippen molar-refractivity contribution in [2.75, 3.05) is 26.5 Å². The molecule has 7 nitrogen and oxygen atoms in total. The third-order valence-corrected chi connectivity index (χ3v) is 7.25. The molecule has 1 unspecified atom stereocenters. The molecular formula is C29H30N2O5S. The van der Waals surface area contributed by atoms with Gasteiger partial charge in [-0.3, -0.25) is 9.59 Å². The molecule has 0 aliphatic carbocycles. The number of rotatable bonds is 10. The van der Waals surface area contributed by atoms with Gasteiger partial charge in [0.05, 0.1) is 12.6 Å². The van der Waals surface area contributed by atoms with Crippen molar-refractivity contribution in [3.63, 3.8) is 0 Å². The monoisotopic (exact) mass is 518 g/mol. The molecule has 2 amide bonds. The maximum Gasteiger partial charge on any atom is 0.247 e. The number of carbonyl (C=O) groups excluding carboxylic acids is 2. The molecule has 0 N–H and O–H groups in total. The third-order valence-electron chi connectivity index (χ3n) is 6.39. The van der Waals surface area contributed by atoms with Crippen LogP contribution in [0.2, 0.25) is 0 Å². The first-order valence-corrected chi connectivity index (χ1v) is 13.3. The summed E-state index contributed by atoms with van der Waals surface area (Å²) in [5, 5.41) is 2.00. The highest BCUT2D eigenvalue weighted by atomic mass is 32.1. The van der Waals surface area contributed by atoms with E-state index in [-0.39, 0.29) is 31.3 Å². The first kappa shape index (κ1) is 25.0. The topological polar surface area (TPSA) is 68.3 Å².